The predicted molar refractivity (Wildman–Crippen MR) is 70.1 cm³/mol. The van der Waals surface area contributed by atoms with Crippen molar-refractivity contribution in [3.8, 4) is 0 Å². The molecule has 0 aromatic rings. The number of carbonyl (C=O) groups excluding carboxylic acids is 1. The van der Waals surface area contributed by atoms with E-state index in [0.29, 0.717) is 18.2 Å². The zero-order valence-corrected chi connectivity index (χ0v) is 11.1. The normalized spacial score (nSPS) is 31.4. The fourth-order valence-electron chi connectivity index (χ4n) is 3.17. The van der Waals surface area contributed by atoms with Crippen molar-refractivity contribution in [2.75, 3.05) is 32.7 Å². The summed E-state index contributed by atoms with van der Waals surface area (Å²) in [4.78, 5) is 14.6. The largest absolute Gasteiger partial charge is 0.314 e. The third-order valence-corrected chi connectivity index (χ3v) is 4.40. The Bertz CT molecular complexity index is 249. The van der Waals surface area contributed by atoms with Crippen molar-refractivity contribution in [1.82, 2.24) is 10.2 Å². The molecule has 1 aliphatic carbocycles. The molecule has 0 radical (unpaired) electrons. The Hall–Kier alpha value is -0.410. The Labute approximate surface area is 105 Å². The van der Waals surface area contributed by atoms with E-state index in [2.05, 4.69) is 17.1 Å². The van der Waals surface area contributed by atoms with Crippen molar-refractivity contribution >= 4 is 5.78 Å². The van der Waals surface area contributed by atoms with Crippen LogP contribution in [0.15, 0.2) is 0 Å². The van der Waals surface area contributed by atoms with Gasteiger partial charge in [-0.1, -0.05) is 26.2 Å². The van der Waals surface area contributed by atoms with Crippen molar-refractivity contribution in [3.05, 3.63) is 0 Å². The van der Waals surface area contributed by atoms with E-state index in [9.17, 15) is 4.79 Å². The fraction of sp³-hybridized carbons (Fsp3) is 0.929. The van der Waals surface area contributed by atoms with Gasteiger partial charge in [0.15, 0.2) is 0 Å². The molecule has 3 nitrogen and oxygen atoms in total. The number of hydrogen-bond donors (Lipinski definition) is 1. The van der Waals surface area contributed by atoms with Crippen LogP contribution >= 0.6 is 0 Å². The van der Waals surface area contributed by atoms with E-state index in [1.54, 1.807) is 0 Å². The Kier molecular flexibility index (Phi) is 4.99. The van der Waals surface area contributed by atoms with Crippen molar-refractivity contribution in [3.63, 3.8) is 0 Å². The molecule has 0 bridgehead atoms. The molecular formula is C14H26N2O. The number of rotatable bonds is 4. The summed E-state index contributed by atoms with van der Waals surface area (Å²) in [5, 5.41) is 3.33. The van der Waals surface area contributed by atoms with Crippen LogP contribution in [0.5, 0.6) is 0 Å². The van der Waals surface area contributed by atoms with Gasteiger partial charge in [-0.05, 0) is 18.8 Å². The highest BCUT2D eigenvalue weighted by molar-refractivity contribution is 5.83. The van der Waals surface area contributed by atoms with Crippen molar-refractivity contribution in [2.45, 2.75) is 39.0 Å². The van der Waals surface area contributed by atoms with Crippen LogP contribution in [-0.2, 0) is 4.79 Å². The molecule has 1 aliphatic heterocycles. The van der Waals surface area contributed by atoms with E-state index in [0.717, 1.165) is 44.9 Å². The molecule has 2 aliphatic rings. The van der Waals surface area contributed by atoms with Gasteiger partial charge in [-0.3, -0.25) is 9.69 Å². The number of Topliss-reactive ketones (excluding diaryl/α,β-unsaturated/α-hetero) is 1. The SMILES string of the molecule is CCC1CCCC(C(=O)CN2CCNCC2)C1. The standard InChI is InChI=1S/C14H26N2O/c1-2-12-4-3-5-13(10-12)14(17)11-16-8-6-15-7-9-16/h12-13,15H,2-11H2,1H3. The molecule has 17 heavy (non-hydrogen) atoms. The first-order chi connectivity index (χ1) is 8.29. The lowest BCUT2D eigenvalue weighted by molar-refractivity contribution is -0.125. The van der Waals surface area contributed by atoms with Gasteiger partial charge in [-0.25, -0.2) is 0 Å². The molecule has 2 atom stereocenters. The van der Waals surface area contributed by atoms with Gasteiger partial charge in [-0.15, -0.1) is 0 Å². The third-order valence-electron chi connectivity index (χ3n) is 4.40. The zero-order valence-electron chi connectivity index (χ0n) is 11.1. The Morgan fingerprint density at radius 1 is 1.29 bits per heavy atom. The molecule has 2 unspecified atom stereocenters. The minimum Gasteiger partial charge on any atom is -0.314 e. The van der Waals surface area contributed by atoms with Crippen LogP contribution in [-0.4, -0.2) is 43.4 Å². The summed E-state index contributed by atoms with van der Waals surface area (Å²) < 4.78 is 0. The van der Waals surface area contributed by atoms with E-state index < -0.39 is 0 Å². The van der Waals surface area contributed by atoms with Gasteiger partial charge in [-0.2, -0.15) is 0 Å². The van der Waals surface area contributed by atoms with Crippen LogP contribution in [0.3, 0.4) is 0 Å². The molecular weight excluding hydrogens is 212 g/mol. The lowest BCUT2D eigenvalue weighted by Gasteiger charge is -2.31. The van der Waals surface area contributed by atoms with Gasteiger partial charge in [0.25, 0.3) is 0 Å². The number of piperazine rings is 1. The van der Waals surface area contributed by atoms with E-state index >= 15 is 0 Å². The number of nitrogens with zero attached hydrogens (tertiary/aromatic N) is 1. The van der Waals surface area contributed by atoms with E-state index in [1.807, 2.05) is 0 Å². The van der Waals surface area contributed by atoms with Crippen molar-refractivity contribution < 1.29 is 4.79 Å². The second kappa shape index (κ2) is 6.50. The summed E-state index contributed by atoms with van der Waals surface area (Å²) in [6.45, 7) is 7.10. The third kappa shape index (κ3) is 3.78. The average Bonchev–Trinajstić information content (AvgIpc) is 2.40. The first-order valence-electron chi connectivity index (χ1n) is 7.25. The monoisotopic (exact) mass is 238 g/mol. The van der Waals surface area contributed by atoms with Gasteiger partial charge in [0, 0.05) is 32.1 Å². The first-order valence-corrected chi connectivity index (χ1v) is 7.25. The molecule has 2 fully saturated rings. The molecule has 1 saturated heterocycles. The molecule has 98 valence electrons. The number of carbonyl (C=O) groups is 1. The van der Waals surface area contributed by atoms with Gasteiger partial charge in [0.2, 0.25) is 0 Å². The summed E-state index contributed by atoms with van der Waals surface area (Å²) in [5.74, 6) is 1.68. The van der Waals surface area contributed by atoms with Gasteiger partial charge in [0.1, 0.15) is 5.78 Å². The number of nitrogens with one attached hydrogen (secondary N) is 1. The summed E-state index contributed by atoms with van der Waals surface area (Å²) >= 11 is 0. The summed E-state index contributed by atoms with van der Waals surface area (Å²) in [5.41, 5.74) is 0. The Balaban J connectivity index is 1.78. The van der Waals surface area contributed by atoms with E-state index in [4.69, 9.17) is 0 Å². The molecule has 1 N–H and O–H groups in total. The highest BCUT2D eigenvalue weighted by Crippen LogP contribution is 2.31. The maximum Gasteiger partial charge on any atom is 0.149 e. The molecule has 2 rings (SSSR count). The highest BCUT2D eigenvalue weighted by atomic mass is 16.1. The van der Waals surface area contributed by atoms with Gasteiger partial charge in [0.05, 0.1) is 6.54 Å². The maximum absolute atomic E-state index is 12.3. The van der Waals surface area contributed by atoms with Crippen LogP contribution < -0.4 is 5.32 Å². The van der Waals surface area contributed by atoms with Gasteiger partial charge >= 0.3 is 0 Å². The Morgan fingerprint density at radius 2 is 2.06 bits per heavy atom. The first kappa shape index (κ1) is 13.0. The molecule has 0 aromatic heterocycles. The fourth-order valence-corrected chi connectivity index (χ4v) is 3.17. The quantitative estimate of drug-likeness (QED) is 0.809. The molecule has 1 heterocycles. The molecule has 0 aromatic carbocycles. The lowest BCUT2D eigenvalue weighted by atomic mass is 9.78. The topological polar surface area (TPSA) is 32.3 Å². The molecule has 0 spiro atoms. The second-order valence-electron chi connectivity index (χ2n) is 5.63. The highest BCUT2D eigenvalue weighted by Gasteiger charge is 2.27. The summed E-state index contributed by atoms with van der Waals surface area (Å²) in [7, 11) is 0. The lowest BCUT2D eigenvalue weighted by Crippen LogP contribution is -2.46. The molecule has 0 amide bonds. The average molecular weight is 238 g/mol. The molecule has 1 saturated carbocycles. The van der Waals surface area contributed by atoms with Crippen molar-refractivity contribution in [2.24, 2.45) is 11.8 Å². The van der Waals surface area contributed by atoms with Gasteiger partial charge < -0.3 is 5.32 Å². The summed E-state index contributed by atoms with van der Waals surface area (Å²) in [6.07, 6.45) is 6.14. The van der Waals surface area contributed by atoms with Crippen LogP contribution in [0.25, 0.3) is 0 Å². The number of hydrogen-bond acceptors (Lipinski definition) is 3. The molecule has 3 heteroatoms. The van der Waals surface area contributed by atoms with Crippen LogP contribution in [0, 0.1) is 11.8 Å². The van der Waals surface area contributed by atoms with E-state index in [-0.39, 0.29) is 0 Å². The van der Waals surface area contributed by atoms with Crippen LogP contribution in [0.2, 0.25) is 0 Å². The second-order valence-corrected chi connectivity index (χ2v) is 5.63. The summed E-state index contributed by atoms with van der Waals surface area (Å²) in [6, 6.07) is 0. The van der Waals surface area contributed by atoms with E-state index in [1.165, 1.54) is 19.3 Å². The Morgan fingerprint density at radius 3 is 2.76 bits per heavy atom. The smallest absolute Gasteiger partial charge is 0.149 e. The number of ketones is 1. The van der Waals surface area contributed by atoms with Crippen LogP contribution in [0.4, 0.5) is 0 Å². The van der Waals surface area contributed by atoms with Crippen LogP contribution in [0.1, 0.15) is 39.0 Å². The zero-order chi connectivity index (χ0) is 12.1. The van der Waals surface area contributed by atoms with Crippen molar-refractivity contribution in [1.29, 1.82) is 0 Å². The minimum absolute atomic E-state index is 0.364. The predicted octanol–water partition coefficient (Wildman–Crippen LogP) is 1.68. The minimum atomic E-state index is 0.364. The maximum atomic E-state index is 12.3.